The molecule has 0 bridgehead atoms. The summed E-state index contributed by atoms with van der Waals surface area (Å²) in [7, 11) is 0. The smallest absolute Gasteiger partial charge is 0.234 e. The van der Waals surface area contributed by atoms with E-state index in [9.17, 15) is 4.79 Å². The van der Waals surface area contributed by atoms with Gasteiger partial charge in [-0.05, 0) is 31.2 Å². The number of amides is 1. The molecule has 0 atom stereocenters. The fourth-order valence-electron chi connectivity index (χ4n) is 2.42. The summed E-state index contributed by atoms with van der Waals surface area (Å²) in [6, 6.07) is 17.6. The normalized spacial score (nSPS) is 11.0. The van der Waals surface area contributed by atoms with E-state index in [4.69, 9.17) is 0 Å². The van der Waals surface area contributed by atoms with E-state index in [2.05, 4.69) is 20.6 Å². The number of rotatable bonds is 5. The summed E-state index contributed by atoms with van der Waals surface area (Å²) in [5.74, 6) is 1.08. The van der Waals surface area contributed by atoms with Crippen LogP contribution >= 0.6 is 23.1 Å². The van der Waals surface area contributed by atoms with Gasteiger partial charge in [0.25, 0.3) is 0 Å². The van der Waals surface area contributed by atoms with Gasteiger partial charge in [-0.15, -0.1) is 22.0 Å². The molecule has 6 nitrogen and oxygen atoms in total. The van der Waals surface area contributed by atoms with Gasteiger partial charge in [0.2, 0.25) is 10.9 Å². The topological polar surface area (TPSA) is 72.2 Å². The summed E-state index contributed by atoms with van der Waals surface area (Å²) in [4.78, 5) is 14.0. The number of anilines is 1. The van der Waals surface area contributed by atoms with E-state index < -0.39 is 0 Å². The Morgan fingerprint density at radius 3 is 2.81 bits per heavy atom. The Balaban J connectivity index is 1.46. The van der Waals surface area contributed by atoms with Crippen LogP contribution in [0.4, 0.5) is 5.69 Å². The third-order valence-electron chi connectivity index (χ3n) is 3.65. The fraction of sp³-hybridized carbons (Fsp3) is 0.111. The minimum Gasteiger partial charge on any atom is -0.325 e. The van der Waals surface area contributed by atoms with Crippen molar-refractivity contribution in [1.82, 2.24) is 19.8 Å². The van der Waals surface area contributed by atoms with Crippen LogP contribution in [0.25, 0.3) is 15.5 Å². The average molecular weight is 381 g/mol. The predicted molar refractivity (Wildman–Crippen MR) is 105 cm³/mol. The van der Waals surface area contributed by atoms with Crippen molar-refractivity contribution in [1.29, 1.82) is 0 Å². The van der Waals surface area contributed by atoms with Gasteiger partial charge in [-0.3, -0.25) is 4.79 Å². The molecule has 4 aromatic rings. The second kappa shape index (κ2) is 7.27. The molecule has 130 valence electrons. The first-order valence-electron chi connectivity index (χ1n) is 7.96. The largest absolute Gasteiger partial charge is 0.325 e. The zero-order valence-electron chi connectivity index (χ0n) is 13.9. The number of carbonyl (C=O) groups excluding carboxylic acids is 1. The lowest BCUT2D eigenvalue weighted by molar-refractivity contribution is -0.113. The molecule has 0 aliphatic rings. The van der Waals surface area contributed by atoms with Gasteiger partial charge in [0, 0.05) is 16.1 Å². The van der Waals surface area contributed by atoms with E-state index in [0.717, 1.165) is 31.9 Å². The number of nitrogens with zero attached hydrogens (tertiary/aromatic N) is 4. The number of hydrogen-bond acceptors (Lipinski definition) is 6. The molecule has 0 radical (unpaired) electrons. The number of nitrogens with one attached hydrogen (secondary N) is 1. The summed E-state index contributed by atoms with van der Waals surface area (Å²) in [6.07, 6.45) is 0. The number of fused-ring (bicyclic) bond motifs is 1. The van der Waals surface area contributed by atoms with Crippen molar-refractivity contribution in [2.45, 2.75) is 11.8 Å². The second-order valence-corrected chi connectivity index (χ2v) is 7.58. The highest BCUT2D eigenvalue weighted by atomic mass is 32.2. The number of hydrogen-bond donors (Lipinski definition) is 1. The monoisotopic (exact) mass is 381 g/mol. The maximum Gasteiger partial charge on any atom is 0.234 e. The van der Waals surface area contributed by atoms with E-state index in [1.54, 1.807) is 4.52 Å². The Hall–Kier alpha value is -2.71. The van der Waals surface area contributed by atoms with Crippen molar-refractivity contribution in [3.05, 3.63) is 60.4 Å². The van der Waals surface area contributed by atoms with Gasteiger partial charge in [-0.2, -0.15) is 9.61 Å². The Morgan fingerprint density at radius 1 is 1.15 bits per heavy atom. The predicted octanol–water partition coefficient (Wildman–Crippen LogP) is 3.89. The van der Waals surface area contributed by atoms with Gasteiger partial charge in [0.1, 0.15) is 5.01 Å². The summed E-state index contributed by atoms with van der Waals surface area (Å²) in [6.45, 7) is 1.87. The van der Waals surface area contributed by atoms with E-state index >= 15 is 0 Å². The molecule has 0 saturated heterocycles. The van der Waals surface area contributed by atoms with E-state index in [-0.39, 0.29) is 5.91 Å². The Labute approximate surface area is 158 Å². The van der Waals surface area contributed by atoms with E-state index in [1.165, 1.54) is 23.1 Å². The van der Waals surface area contributed by atoms with Crippen LogP contribution in [0.3, 0.4) is 0 Å². The van der Waals surface area contributed by atoms with Crippen molar-refractivity contribution >= 4 is 39.7 Å². The lowest BCUT2D eigenvalue weighted by Crippen LogP contribution is -2.13. The number of benzene rings is 2. The Kier molecular flexibility index (Phi) is 4.68. The highest BCUT2D eigenvalue weighted by molar-refractivity contribution is 8.00. The summed E-state index contributed by atoms with van der Waals surface area (Å²) in [5, 5.41) is 16.4. The fourth-order valence-corrected chi connectivity index (χ4v) is 4.02. The van der Waals surface area contributed by atoms with Crippen LogP contribution in [0.2, 0.25) is 0 Å². The Bertz CT molecular complexity index is 1060. The van der Waals surface area contributed by atoms with Gasteiger partial charge in [-0.25, -0.2) is 0 Å². The van der Waals surface area contributed by atoms with E-state index in [1.807, 2.05) is 61.5 Å². The minimum atomic E-state index is -0.0370. The zero-order chi connectivity index (χ0) is 17.9. The number of carbonyl (C=O) groups is 1. The molecule has 4 rings (SSSR count). The molecular weight excluding hydrogens is 366 g/mol. The first kappa shape index (κ1) is 16.7. The van der Waals surface area contributed by atoms with Gasteiger partial charge in [0.05, 0.1) is 5.75 Å². The third-order valence-corrected chi connectivity index (χ3v) is 5.61. The van der Waals surface area contributed by atoms with Crippen LogP contribution in [0.15, 0.2) is 59.5 Å². The van der Waals surface area contributed by atoms with Crippen LogP contribution in [0, 0.1) is 6.92 Å². The standard InChI is InChI=1S/C18H15N5OS2/c1-12-20-21-18-23(12)22-17(26-18)13-6-5-7-14(10-13)19-16(24)11-25-15-8-3-2-4-9-15/h2-10H,11H2,1H3,(H,19,24). The van der Waals surface area contributed by atoms with Gasteiger partial charge >= 0.3 is 0 Å². The molecule has 8 heteroatoms. The first-order chi connectivity index (χ1) is 12.7. The maximum atomic E-state index is 12.2. The SMILES string of the molecule is Cc1nnc2sc(-c3cccc(NC(=O)CSc4ccccc4)c3)nn12. The minimum absolute atomic E-state index is 0.0370. The second-order valence-electron chi connectivity index (χ2n) is 5.58. The quantitative estimate of drug-likeness (QED) is 0.531. The van der Waals surface area contributed by atoms with Crippen LogP contribution in [-0.4, -0.2) is 31.5 Å². The maximum absolute atomic E-state index is 12.2. The van der Waals surface area contributed by atoms with Crippen molar-refractivity contribution in [3.8, 4) is 10.6 Å². The van der Waals surface area contributed by atoms with Crippen LogP contribution < -0.4 is 5.32 Å². The first-order valence-corrected chi connectivity index (χ1v) is 9.76. The van der Waals surface area contributed by atoms with Gasteiger partial charge in [-0.1, -0.05) is 41.7 Å². The molecule has 26 heavy (non-hydrogen) atoms. The summed E-state index contributed by atoms with van der Waals surface area (Å²) in [5.41, 5.74) is 1.69. The zero-order valence-corrected chi connectivity index (χ0v) is 15.5. The highest BCUT2D eigenvalue weighted by Crippen LogP contribution is 2.27. The Morgan fingerprint density at radius 2 is 2.00 bits per heavy atom. The molecule has 2 aromatic heterocycles. The lowest BCUT2D eigenvalue weighted by Gasteiger charge is -2.06. The number of thioether (sulfide) groups is 1. The molecule has 1 N–H and O–H groups in total. The number of aryl methyl sites for hydroxylation is 1. The molecule has 0 fully saturated rings. The average Bonchev–Trinajstić information content (AvgIpc) is 3.23. The molecular formula is C18H15N5OS2. The molecule has 0 unspecified atom stereocenters. The van der Waals surface area contributed by atoms with E-state index in [0.29, 0.717) is 5.75 Å². The van der Waals surface area contributed by atoms with Crippen LogP contribution in [0.5, 0.6) is 0 Å². The van der Waals surface area contributed by atoms with Gasteiger partial charge < -0.3 is 5.32 Å². The molecule has 0 aliphatic carbocycles. The third kappa shape index (κ3) is 3.61. The molecule has 0 saturated carbocycles. The lowest BCUT2D eigenvalue weighted by atomic mass is 10.2. The van der Waals surface area contributed by atoms with Crippen molar-refractivity contribution in [3.63, 3.8) is 0 Å². The molecule has 2 heterocycles. The highest BCUT2D eigenvalue weighted by Gasteiger charge is 2.11. The molecule has 2 aromatic carbocycles. The summed E-state index contributed by atoms with van der Waals surface area (Å²) >= 11 is 2.98. The van der Waals surface area contributed by atoms with Crippen molar-refractivity contribution < 1.29 is 4.79 Å². The molecule has 1 amide bonds. The molecule has 0 aliphatic heterocycles. The van der Waals surface area contributed by atoms with Crippen LogP contribution in [0.1, 0.15) is 5.82 Å². The van der Waals surface area contributed by atoms with Crippen LogP contribution in [-0.2, 0) is 4.79 Å². The van der Waals surface area contributed by atoms with Crippen molar-refractivity contribution in [2.75, 3.05) is 11.1 Å². The molecule has 0 spiro atoms. The number of aromatic nitrogens is 4. The summed E-state index contributed by atoms with van der Waals surface area (Å²) < 4.78 is 1.72. The van der Waals surface area contributed by atoms with Gasteiger partial charge in [0.15, 0.2) is 5.82 Å². The van der Waals surface area contributed by atoms with Crippen molar-refractivity contribution in [2.24, 2.45) is 0 Å².